The van der Waals surface area contributed by atoms with E-state index >= 15 is 0 Å². The van der Waals surface area contributed by atoms with Crippen LogP contribution in [0.1, 0.15) is 66.5 Å². The number of rotatable bonds is 5. The van der Waals surface area contributed by atoms with Crippen LogP contribution in [0.15, 0.2) is 4.79 Å². The molecule has 0 atom stereocenters. The van der Waals surface area contributed by atoms with Gasteiger partial charge in [0.05, 0.1) is 10.3 Å². The Morgan fingerprint density at radius 2 is 2.00 bits per heavy atom. The van der Waals surface area contributed by atoms with Crippen molar-refractivity contribution < 1.29 is 4.79 Å². The van der Waals surface area contributed by atoms with Crippen molar-refractivity contribution in [3.05, 3.63) is 26.6 Å². The maximum Gasteiger partial charge on any atom is 0.262 e. The lowest BCUT2D eigenvalue weighted by molar-refractivity contribution is 0.0954. The van der Waals surface area contributed by atoms with Crippen LogP contribution in [0, 0.1) is 12.8 Å². The Bertz CT molecular complexity index is 940. The summed E-state index contributed by atoms with van der Waals surface area (Å²) in [6.45, 7) is 8.99. The predicted molar refractivity (Wildman–Crippen MR) is 118 cm³/mol. The molecule has 6 nitrogen and oxygen atoms in total. The maximum atomic E-state index is 13.0. The Labute approximate surface area is 176 Å². The molecule has 2 aliphatic heterocycles. The number of likely N-dealkylation sites (tertiary alicyclic amines) is 1. The van der Waals surface area contributed by atoms with Gasteiger partial charge in [-0.25, -0.2) is 4.98 Å². The van der Waals surface area contributed by atoms with Crippen LogP contribution in [-0.2, 0) is 13.0 Å². The van der Waals surface area contributed by atoms with Gasteiger partial charge >= 0.3 is 0 Å². The van der Waals surface area contributed by atoms with Crippen LogP contribution in [0.2, 0.25) is 0 Å². The molecule has 0 unspecified atom stereocenters. The fourth-order valence-electron chi connectivity index (χ4n) is 4.50. The van der Waals surface area contributed by atoms with Gasteiger partial charge in [0.15, 0.2) is 0 Å². The molecule has 0 aliphatic carbocycles. The molecule has 1 amide bonds. The van der Waals surface area contributed by atoms with Gasteiger partial charge in [-0.1, -0.05) is 13.3 Å². The number of nitrogens with zero attached hydrogens (tertiary/aromatic N) is 3. The Kier molecular flexibility index (Phi) is 6.35. The molecule has 2 aromatic rings. The van der Waals surface area contributed by atoms with E-state index < -0.39 is 0 Å². The molecule has 1 N–H and O–H groups in total. The first kappa shape index (κ1) is 20.5. The van der Waals surface area contributed by atoms with Crippen molar-refractivity contribution in [3.8, 4) is 0 Å². The third-order valence-electron chi connectivity index (χ3n) is 6.43. The van der Waals surface area contributed by atoms with E-state index in [-0.39, 0.29) is 11.5 Å². The number of piperidine rings is 1. The van der Waals surface area contributed by atoms with Gasteiger partial charge in [-0.05, 0) is 70.1 Å². The summed E-state index contributed by atoms with van der Waals surface area (Å²) in [6.07, 6.45) is 7.59. The zero-order valence-electron chi connectivity index (χ0n) is 17.6. The highest BCUT2D eigenvalue weighted by atomic mass is 32.1. The van der Waals surface area contributed by atoms with Gasteiger partial charge in [0.2, 0.25) is 0 Å². The third kappa shape index (κ3) is 4.40. The van der Waals surface area contributed by atoms with Crippen molar-refractivity contribution in [1.82, 2.24) is 19.8 Å². The second kappa shape index (κ2) is 8.96. The Balaban J connectivity index is 1.42. The number of thiophene rings is 1. The first-order valence-electron chi connectivity index (χ1n) is 11.1. The SMILES string of the molecule is Cc1c(C(=O)NCCCN2CCC(C)CC2)sc2nc3n(c(=O)c12)CCCCC3. The summed E-state index contributed by atoms with van der Waals surface area (Å²) in [5.74, 6) is 1.65. The number of aryl methyl sites for hydroxylation is 2. The number of carbonyl (C=O) groups excluding carboxylic acids is 1. The molecule has 2 aliphatic rings. The zero-order chi connectivity index (χ0) is 20.4. The van der Waals surface area contributed by atoms with Crippen molar-refractivity contribution in [3.63, 3.8) is 0 Å². The quantitative estimate of drug-likeness (QED) is 0.759. The summed E-state index contributed by atoms with van der Waals surface area (Å²) < 4.78 is 1.83. The van der Waals surface area contributed by atoms with Gasteiger partial charge in [-0.15, -0.1) is 11.3 Å². The second-order valence-electron chi connectivity index (χ2n) is 8.67. The number of hydrogen-bond acceptors (Lipinski definition) is 5. The van der Waals surface area contributed by atoms with E-state index in [0.29, 0.717) is 21.6 Å². The fraction of sp³-hybridized carbons (Fsp3) is 0.682. The molecular weight excluding hydrogens is 384 g/mol. The largest absolute Gasteiger partial charge is 0.351 e. The van der Waals surface area contributed by atoms with E-state index in [2.05, 4.69) is 17.1 Å². The van der Waals surface area contributed by atoms with Crippen molar-refractivity contribution in [2.24, 2.45) is 5.92 Å². The highest BCUT2D eigenvalue weighted by molar-refractivity contribution is 7.20. The predicted octanol–water partition coefficient (Wildman–Crippen LogP) is 3.34. The summed E-state index contributed by atoms with van der Waals surface area (Å²) in [5.41, 5.74) is 0.809. The lowest BCUT2D eigenvalue weighted by atomic mass is 9.99. The van der Waals surface area contributed by atoms with Gasteiger partial charge in [0, 0.05) is 19.5 Å². The normalized spacial score (nSPS) is 18.6. The number of fused-ring (bicyclic) bond motifs is 2. The molecule has 0 spiro atoms. The minimum atomic E-state index is -0.0719. The van der Waals surface area contributed by atoms with Crippen LogP contribution in [-0.4, -0.2) is 46.5 Å². The van der Waals surface area contributed by atoms with Crippen molar-refractivity contribution in [2.45, 2.75) is 65.3 Å². The Morgan fingerprint density at radius 1 is 1.21 bits per heavy atom. The van der Waals surface area contributed by atoms with Crippen molar-refractivity contribution >= 4 is 27.5 Å². The monoisotopic (exact) mass is 416 g/mol. The van der Waals surface area contributed by atoms with E-state index in [0.717, 1.165) is 62.5 Å². The lowest BCUT2D eigenvalue weighted by Gasteiger charge is -2.30. The summed E-state index contributed by atoms with van der Waals surface area (Å²) in [7, 11) is 0. The lowest BCUT2D eigenvalue weighted by Crippen LogP contribution is -2.35. The number of nitrogens with one attached hydrogen (secondary N) is 1. The van der Waals surface area contributed by atoms with Crippen molar-refractivity contribution in [2.75, 3.05) is 26.2 Å². The van der Waals surface area contributed by atoms with Crippen LogP contribution in [0.3, 0.4) is 0 Å². The maximum absolute atomic E-state index is 13.0. The number of carbonyl (C=O) groups is 1. The number of hydrogen-bond donors (Lipinski definition) is 1. The van der Waals surface area contributed by atoms with Gasteiger partial charge in [0.25, 0.3) is 11.5 Å². The van der Waals surface area contributed by atoms with Crippen molar-refractivity contribution in [1.29, 1.82) is 0 Å². The Morgan fingerprint density at radius 3 is 2.79 bits per heavy atom. The number of aromatic nitrogens is 2. The average molecular weight is 417 g/mol. The molecule has 7 heteroatoms. The molecule has 1 saturated heterocycles. The first-order chi connectivity index (χ1) is 14.0. The van der Waals surface area contributed by atoms with Crippen LogP contribution in [0.4, 0.5) is 0 Å². The standard InChI is InChI=1S/C22H32N4O2S/c1-15-8-13-25(14-9-15)11-6-10-23-20(27)19-16(2)18-21(29-19)24-17-7-4-3-5-12-26(17)22(18)28/h15H,3-14H2,1-2H3,(H,23,27). The summed E-state index contributed by atoms with van der Waals surface area (Å²) in [4.78, 5) is 34.4. The fourth-order valence-corrected chi connectivity index (χ4v) is 5.60. The topological polar surface area (TPSA) is 67.2 Å². The molecule has 0 saturated carbocycles. The third-order valence-corrected chi connectivity index (χ3v) is 7.62. The van der Waals surface area contributed by atoms with E-state index in [9.17, 15) is 9.59 Å². The molecular formula is C22H32N4O2S. The molecule has 4 rings (SSSR count). The smallest absolute Gasteiger partial charge is 0.262 e. The molecule has 0 radical (unpaired) electrons. The van der Waals surface area contributed by atoms with Crippen LogP contribution in [0.25, 0.3) is 10.2 Å². The highest BCUT2D eigenvalue weighted by Gasteiger charge is 2.22. The molecule has 2 aromatic heterocycles. The number of amides is 1. The molecule has 0 bridgehead atoms. The Hall–Kier alpha value is -1.73. The van der Waals surface area contributed by atoms with E-state index in [1.54, 1.807) is 0 Å². The van der Waals surface area contributed by atoms with Gasteiger partial charge < -0.3 is 10.2 Å². The molecule has 0 aromatic carbocycles. The van der Waals surface area contributed by atoms with Gasteiger partial charge in [-0.3, -0.25) is 14.2 Å². The first-order valence-corrected chi connectivity index (χ1v) is 11.9. The summed E-state index contributed by atoms with van der Waals surface area (Å²) in [6, 6.07) is 0. The van der Waals surface area contributed by atoms with E-state index in [1.807, 2.05) is 11.5 Å². The summed E-state index contributed by atoms with van der Waals surface area (Å²) in [5, 5.41) is 3.69. The average Bonchev–Trinajstić information content (AvgIpc) is 2.88. The second-order valence-corrected chi connectivity index (χ2v) is 9.66. The molecule has 4 heterocycles. The molecule has 29 heavy (non-hydrogen) atoms. The highest BCUT2D eigenvalue weighted by Crippen LogP contribution is 2.28. The molecule has 1 fully saturated rings. The molecule has 158 valence electrons. The minimum absolute atomic E-state index is 0.0269. The zero-order valence-corrected chi connectivity index (χ0v) is 18.4. The summed E-state index contributed by atoms with van der Waals surface area (Å²) >= 11 is 1.37. The van der Waals surface area contributed by atoms with Crippen LogP contribution >= 0.6 is 11.3 Å². The van der Waals surface area contributed by atoms with Gasteiger partial charge in [0.1, 0.15) is 10.7 Å². The van der Waals surface area contributed by atoms with E-state index in [4.69, 9.17) is 4.98 Å². The van der Waals surface area contributed by atoms with Crippen LogP contribution < -0.4 is 10.9 Å². The van der Waals surface area contributed by atoms with E-state index in [1.165, 1.54) is 37.3 Å². The minimum Gasteiger partial charge on any atom is -0.351 e. The van der Waals surface area contributed by atoms with Crippen LogP contribution in [0.5, 0.6) is 0 Å². The van der Waals surface area contributed by atoms with Gasteiger partial charge in [-0.2, -0.15) is 0 Å².